The second-order valence-electron chi connectivity index (χ2n) is 5.68. The summed E-state index contributed by atoms with van der Waals surface area (Å²) in [5.74, 6) is 0.804. The number of hydrogen-bond donors (Lipinski definition) is 2. The Balaban J connectivity index is 2.04. The summed E-state index contributed by atoms with van der Waals surface area (Å²) in [5, 5.41) is 12.0. The van der Waals surface area contributed by atoms with E-state index in [2.05, 4.69) is 20.3 Å². The van der Waals surface area contributed by atoms with Gasteiger partial charge in [0.05, 0.1) is 11.9 Å². The third kappa shape index (κ3) is 3.62. The minimum atomic E-state index is -4.39. The van der Waals surface area contributed by atoms with Crippen molar-refractivity contribution in [2.24, 2.45) is 0 Å². The number of rotatable bonds is 6. The number of benzene rings is 1. The van der Waals surface area contributed by atoms with Gasteiger partial charge in [0, 0.05) is 25.3 Å². The highest BCUT2D eigenvalue weighted by atomic mass is 19.4. The molecule has 2 N–H and O–H groups in total. The van der Waals surface area contributed by atoms with Crippen LogP contribution in [0.2, 0.25) is 0 Å². The van der Waals surface area contributed by atoms with Crippen LogP contribution in [-0.4, -0.2) is 37.8 Å². The number of aryl methyl sites for hydroxylation is 1. The molecule has 6 nitrogen and oxygen atoms in total. The molecule has 138 valence electrons. The minimum Gasteiger partial charge on any atom is -0.396 e. The predicted octanol–water partition coefficient (Wildman–Crippen LogP) is 3.33. The van der Waals surface area contributed by atoms with Crippen molar-refractivity contribution in [3.05, 3.63) is 36.2 Å². The quantitative estimate of drug-likeness (QED) is 0.656. The Morgan fingerprint density at radius 1 is 1.15 bits per heavy atom. The molecule has 9 heteroatoms. The van der Waals surface area contributed by atoms with E-state index in [1.165, 1.54) is 12.1 Å². The van der Waals surface area contributed by atoms with Crippen LogP contribution in [-0.2, 0) is 12.7 Å². The van der Waals surface area contributed by atoms with Crippen LogP contribution in [0, 0.1) is 0 Å². The number of halogens is 3. The number of aliphatic hydroxyl groups is 1. The second-order valence-corrected chi connectivity index (χ2v) is 5.68. The van der Waals surface area contributed by atoms with E-state index >= 15 is 0 Å². The summed E-state index contributed by atoms with van der Waals surface area (Å²) in [6.45, 7) is 3.13. The van der Waals surface area contributed by atoms with Crippen molar-refractivity contribution in [1.82, 2.24) is 19.5 Å². The number of fused-ring (bicyclic) bond motifs is 1. The zero-order chi connectivity index (χ0) is 18.7. The second kappa shape index (κ2) is 7.28. The lowest BCUT2D eigenvalue weighted by molar-refractivity contribution is -0.137. The van der Waals surface area contributed by atoms with Crippen LogP contribution < -0.4 is 5.32 Å². The topological polar surface area (TPSA) is 75.9 Å². The van der Waals surface area contributed by atoms with Gasteiger partial charge in [-0.05, 0) is 25.5 Å². The van der Waals surface area contributed by atoms with E-state index in [4.69, 9.17) is 5.11 Å². The van der Waals surface area contributed by atoms with Crippen LogP contribution in [0.4, 0.5) is 19.0 Å². The van der Waals surface area contributed by atoms with Crippen LogP contribution in [0.3, 0.4) is 0 Å². The largest absolute Gasteiger partial charge is 0.416 e. The molecule has 1 aromatic carbocycles. The molecule has 0 fully saturated rings. The van der Waals surface area contributed by atoms with Gasteiger partial charge >= 0.3 is 6.18 Å². The number of imidazole rings is 1. The Morgan fingerprint density at radius 2 is 1.88 bits per heavy atom. The fourth-order valence-corrected chi connectivity index (χ4v) is 2.52. The number of hydrogen-bond acceptors (Lipinski definition) is 5. The molecule has 0 amide bonds. The maximum atomic E-state index is 12.8. The van der Waals surface area contributed by atoms with Gasteiger partial charge in [0.25, 0.3) is 0 Å². The van der Waals surface area contributed by atoms with Gasteiger partial charge in [0.2, 0.25) is 0 Å². The Bertz CT molecular complexity index is 890. The molecule has 0 aliphatic carbocycles. The lowest BCUT2D eigenvalue weighted by atomic mass is 10.1. The first-order valence-corrected chi connectivity index (χ1v) is 8.19. The zero-order valence-corrected chi connectivity index (χ0v) is 14.1. The summed E-state index contributed by atoms with van der Waals surface area (Å²) >= 11 is 0. The van der Waals surface area contributed by atoms with Gasteiger partial charge in [-0.2, -0.15) is 13.2 Å². The first kappa shape index (κ1) is 18.1. The van der Waals surface area contributed by atoms with Crippen molar-refractivity contribution >= 4 is 17.0 Å². The lowest BCUT2D eigenvalue weighted by Gasteiger charge is -2.10. The summed E-state index contributed by atoms with van der Waals surface area (Å²) in [5.41, 5.74) is 0.945. The Hall–Kier alpha value is -2.68. The summed E-state index contributed by atoms with van der Waals surface area (Å²) in [6.07, 6.45) is -2.20. The van der Waals surface area contributed by atoms with Crippen LogP contribution in [0.15, 0.2) is 30.6 Å². The molecule has 0 aliphatic rings. The molecule has 0 bridgehead atoms. The molecular formula is C17H18F3N5O. The summed E-state index contributed by atoms with van der Waals surface area (Å²) in [7, 11) is 0. The van der Waals surface area contributed by atoms with Gasteiger partial charge in [0.15, 0.2) is 17.3 Å². The third-order valence-corrected chi connectivity index (χ3v) is 3.90. The third-order valence-electron chi connectivity index (χ3n) is 3.90. The van der Waals surface area contributed by atoms with Gasteiger partial charge < -0.3 is 15.0 Å². The number of alkyl halides is 3. The first-order valence-electron chi connectivity index (χ1n) is 8.19. The van der Waals surface area contributed by atoms with E-state index in [0.717, 1.165) is 12.1 Å². The van der Waals surface area contributed by atoms with Gasteiger partial charge in [-0.1, -0.05) is 12.1 Å². The van der Waals surface area contributed by atoms with Crippen LogP contribution >= 0.6 is 0 Å². The van der Waals surface area contributed by atoms with Crippen LogP contribution in [0.5, 0.6) is 0 Å². The fraction of sp³-hybridized carbons (Fsp3) is 0.353. The smallest absolute Gasteiger partial charge is 0.396 e. The Kier molecular flexibility index (Phi) is 5.08. The van der Waals surface area contributed by atoms with E-state index in [-0.39, 0.29) is 6.61 Å². The zero-order valence-electron chi connectivity index (χ0n) is 14.1. The minimum absolute atomic E-state index is 0.0381. The molecule has 0 spiro atoms. The Labute approximate surface area is 147 Å². The SMILES string of the molecule is CCn1cnc2c(NCCCO)nc(-c3ccc(C(F)(F)F)cc3)nc21. The van der Waals surface area contributed by atoms with E-state index in [1.807, 2.05) is 11.5 Å². The normalized spacial score (nSPS) is 11.9. The summed E-state index contributed by atoms with van der Waals surface area (Å²) < 4.78 is 40.1. The van der Waals surface area contributed by atoms with Crippen molar-refractivity contribution in [2.75, 3.05) is 18.5 Å². The van der Waals surface area contributed by atoms with Crippen molar-refractivity contribution in [3.8, 4) is 11.4 Å². The number of aromatic nitrogens is 4. The van der Waals surface area contributed by atoms with E-state index in [1.54, 1.807) is 6.33 Å². The highest BCUT2D eigenvalue weighted by molar-refractivity contribution is 5.85. The van der Waals surface area contributed by atoms with Gasteiger partial charge in [-0.15, -0.1) is 0 Å². The molecule has 0 saturated heterocycles. The van der Waals surface area contributed by atoms with Gasteiger partial charge in [0.1, 0.15) is 5.52 Å². The highest BCUT2D eigenvalue weighted by Gasteiger charge is 2.30. The van der Waals surface area contributed by atoms with E-state index in [9.17, 15) is 13.2 Å². The van der Waals surface area contributed by atoms with Crippen molar-refractivity contribution in [1.29, 1.82) is 0 Å². The van der Waals surface area contributed by atoms with Crippen molar-refractivity contribution in [3.63, 3.8) is 0 Å². The molecule has 0 radical (unpaired) electrons. The van der Waals surface area contributed by atoms with Crippen LogP contribution in [0.25, 0.3) is 22.6 Å². The predicted molar refractivity (Wildman–Crippen MR) is 91.6 cm³/mol. The first-order chi connectivity index (χ1) is 12.4. The molecule has 0 saturated carbocycles. The molecule has 0 unspecified atom stereocenters. The number of aliphatic hydroxyl groups excluding tert-OH is 1. The van der Waals surface area contributed by atoms with Crippen LogP contribution in [0.1, 0.15) is 18.9 Å². The van der Waals surface area contributed by atoms with Gasteiger partial charge in [-0.25, -0.2) is 15.0 Å². The fourth-order valence-electron chi connectivity index (χ4n) is 2.52. The highest BCUT2D eigenvalue weighted by Crippen LogP contribution is 2.31. The summed E-state index contributed by atoms with van der Waals surface area (Å²) in [4.78, 5) is 13.2. The molecule has 2 aromatic heterocycles. The molecule has 0 aliphatic heterocycles. The maximum absolute atomic E-state index is 12.8. The monoisotopic (exact) mass is 365 g/mol. The maximum Gasteiger partial charge on any atom is 0.416 e. The average Bonchev–Trinajstić information content (AvgIpc) is 3.04. The number of nitrogens with one attached hydrogen (secondary N) is 1. The number of anilines is 1. The van der Waals surface area contributed by atoms with Crippen molar-refractivity contribution in [2.45, 2.75) is 26.1 Å². The van der Waals surface area contributed by atoms with Gasteiger partial charge in [-0.3, -0.25) is 0 Å². The molecular weight excluding hydrogens is 347 g/mol. The number of nitrogens with zero attached hydrogens (tertiary/aromatic N) is 4. The molecule has 0 atom stereocenters. The summed E-state index contributed by atoms with van der Waals surface area (Å²) in [6, 6.07) is 4.74. The standard InChI is InChI=1S/C17H18F3N5O/c1-2-25-10-22-13-15(21-8-3-9-26)23-14(24-16(13)25)11-4-6-12(7-5-11)17(18,19)20/h4-7,10,26H,2-3,8-9H2,1H3,(H,21,23,24). The molecule has 3 rings (SSSR count). The van der Waals surface area contributed by atoms with E-state index in [0.29, 0.717) is 47.9 Å². The molecule has 26 heavy (non-hydrogen) atoms. The average molecular weight is 365 g/mol. The lowest BCUT2D eigenvalue weighted by Crippen LogP contribution is -2.08. The Morgan fingerprint density at radius 3 is 2.50 bits per heavy atom. The molecule has 3 aromatic rings. The van der Waals surface area contributed by atoms with E-state index < -0.39 is 11.7 Å². The van der Waals surface area contributed by atoms with Crippen molar-refractivity contribution < 1.29 is 18.3 Å². The molecule has 2 heterocycles.